The number of halogens is 1. The molecule has 0 atom stereocenters. The molecule has 0 aromatic carbocycles. The largest absolute Gasteiger partial charge is 0.357 e. The lowest BCUT2D eigenvalue weighted by atomic mass is 9.89. The van der Waals surface area contributed by atoms with Gasteiger partial charge in [-0.1, -0.05) is 32.1 Å². The summed E-state index contributed by atoms with van der Waals surface area (Å²) in [5.41, 5.74) is 0. The van der Waals surface area contributed by atoms with Crippen molar-refractivity contribution >= 4 is 35.8 Å². The molecule has 3 N–H and O–H groups in total. The predicted molar refractivity (Wildman–Crippen MR) is 129 cm³/mol. The Labute approximate surface area is 189 Å². The van der Waals surface area contributed by atoms with Crippen LogP contribution < -0.4 is 16.0 Å². The molecule has 1 amide bonds. The summed E-state index contributed by atoms with van der Waals surface area (Å²) in [6.45, 7) is 8.82. The maximum Gasteiger partial charge on any atom is 0.223 e. The van der Waals surface area contributed by atoms with Crippen molar-refractivity contribution in [1.29, 1.82) is 0 Å². The maximum absolute atomic E-state index is 12.2. The van der Waals surface area contributed by atoms with Gasteiger partial charge in [0, 0.05) is 32.1 Å². The fraction of sp³-hybridized carbons (Fsp3) is 0.905. The first-order valence-corrected chi connectivity index (χ1v) is 11.3. The van der Waals surface area contributed by atoms with E-state index in [0.717, 1.165) is 51.4 Å². The molecule has 7 heteroatoms. The van der Waals surface area contributed by atoms with Crippen molar-refractivity contribution in [2.24, 2.45) is 10.9 Å². The van der Waals surface area contributed by atoms with E-state index < -0.39 is 0 Å². The lowest BCUT2D eigenvalue weighted by Crippen LogP contribution is -2.42. The van der Waals surface area contributed by atoms with Gasteiger partial charge in [-0.2, -0.15) is 0 Å². The van der Waals surface area contributed by atoms with Crippen molar-refractivity contribution in [3.63, 3.8) is 0 Å². The van der Waals surface area contributed by atoms with Gasteiger partial charge < -0.3 is 20.9 Å². The van der Waals surface area contributed by atoms with Crippen LogP contribution in [0, 0.1) is 5.92 Å². The van der Waals surface area contributed by atoms with Crippen LogP contribution in [-0.4, -0.2) is 62.6 Å². The number of guanidine groups is 1. The summed E-state index contributed by atoms with van der Waals surface area (Å²) >= 11 is 0. The predicted octanol–water partition coefficient (Wildman–Crippen LogP) is 3.12. The van der Waals surface area contributed by atoms with Crippen LogP contribution in [0.2, 0.25) is 0 Å². The second-order valence-electron chi connectivity index (χ2n) is 7.92. The lowest BCUT2D eigenvalue weighted by molar-refractivity contribution is -0.125. The maximum atomic E-state index is 12.2. The number of aliphatic imine (C=N–C) groups is 1. The zero-order valence-electron chi connectivity index (χ0n) is 17.8. The minimum atomic E-state index is 0. The molecule has 0 spiro atoms. The third-order valence-electron chi connectivity index (χ3n) is 5.64. The first kappa shape index (κ1) is 25.5. The molecule has 164 valence electrons. The molecule has 2 rings (SSSR count). The summed E-state index contributed by atoms with van der Waals surface area (Å²) in [7, 11) is 0. The standard InChI is InChI=1S/C21H41N5O.HI/c1-2-22-21(24-13-10-18-26-16-8-3-4-9-17-26)25-15-14-23-20(27)19-11-6-5-7-12-19;/h19H,2-18H2,1H3,(H,23,27)(H2,22,24,25);1H. The van der Waals surface area contributed by atoms with E-state index in [-0.39, 0.29) is 35.8 Å². The third-order valence-corrected chi connectivity index (χ3v) is 5.64. The van der Waals surface area contributed by atoms with E-state index in [1.165, 1.54) is 58.0 Å². The molecule has 0 bridgehead atoms. The van der Waals surface area contributed by atoms with E-state index >= 15 is 0 Å². The topological polar surface area (TPSA) is 68.8 Å². The number of nitrogens with zero attached hydrogens (tertiary/aromatic N) is 2. The number of hydrogen-bond donors (Lipinski definition) is 3. The van der Waals surface area contributed by atoms with E-state index in [9.17, 15) is 4.79 Å². The van der Waals surface area contributed by atoms with Crippen LogP contribution in [0.4, 0.5) is 0 Å². The highest BCUT2D eigenvalue weighted by molar-refractivity contribution is 14.0. The van der Waals surface area contributed by atoms with E-state index in [1.54, 1.807) is 0 Å². The lowest BCUT2D eigenvalue weighted by Gasteiger charge is -2.21. The van der Waals surface area contributed by atoms with Crippen LogP contribution in [0.3, 0.4) is 0 Å². The van der Waals surface area contributed by atoms with Crippen molar-refractivity contribution in [1.82, 2.24) is 20.9 Å². The van der Waals surface area contributed by atoms with E-state index in [0.29, 0.717) is 6.54 Å². The minimum Gasteiger partial charge on any atom is -0.357 e. The Balaban J connectivity index is 0.00000392. The summed E-state index contributed by atoms with van der Waals surface area (Å²) in [5.74, 6) is 1.33. The third kappa shape index (κ3) is 10.8. The molecule has 1 heterocycles. The number of carbonyl (C=O) groups excluding carboxylic acids is 1. The molecular formula is C21H42IN5O. The summed E-state index contributed by atoms with van der Waals surface area (Å²) in [6.07, 6.45) is 12.4. The molecule has 0 radical (unpaired) electrons. The second-order valence-corrected chi connectivity index (χ2v) is 7.92. The number of hydrogen-bond acceptors (Lipinski definition) is 3. The Kier molecular flexibility index (Phi) is 14.8. The molecular weight excluding hydrogens is 465 g/mol. The fourth-order valence-electron chi connectivity index (χ4n) is 4.06. The zero-order chi connectivity index (χ0) is 19.2. The van der Waals surface area contributed by atoms with Gasteiger partial charge in [-0.15, -0.1) is 24.0 Å². The first-order valence-electron chi connectivity index (χ1n) is 11.3. The molecule has 2 aliphatic rings. The highest BCUT2D eigenvalue weighted by atomic mass is 127. The van der Waals surface area contributed by atoms with E-state index in [4.69, 9.17) is 0 Å². The molecule has 0 aromatic heterocycles. The van der Waals surface area contributed by atoms with Crippen LogP contribution >= 0.6 is 24.0 Å². The van der Waals surface area contributed by atoms with Gasteiger partial charge in [0.05, 0.1) is 0 Å². The number of amides is 1. The smallest absolute Gasteiger partial charge is 0.223 e. The Morgan fingerprint density at radius 1 is 0.929 bits per heavy atom. The van der Waals surface area contributed by atoms with Crippen molar-refractivity contribution in [2.75, 3.05) is 45.8 Å². The van der Waals surface area contributed by atoms with Crippen LogP contribution in [-0.2, 0) is 4.79 Å². The van der Waals surface area contributed by atoms with Gasteiger partial charge in [0.25, 0.3) is 0 Å². The molecule has 0 aromatic rings. The SMILES string of the molecule is CCNC(=NCCCN1CCCCCC1)NCCNC(=O)C1CCCCC1.I. The molecule has 2 fully saturated rings. The van der Waals surface area contributed by atoms with Gasteiger partial charge in [-0.3, -0.25) is 9.79 Å². The minimum absolute atomic E-state index is 0. The summed E-state index contributed by atoms with van der Waals surface area (Å²) in [5, 5.41) is 9.71. The number of likely N-dealkylation sites (tertiary alicyclic amines) is 1. The molecule has 28 heavy (non-hydrogen) atoms. The van der Waals surface area contributed by atoms with Gasteiger partial charge >= 0.3 is 0 Å². The summed E-state index contributed by atoms with van der Waals surface area (Å²) in [4.78, 5) is 19.4. The fourth-order valence-corrected chi connectivity index (χ4v) is 4.06. The zero-order valence-corrected chi connectivity index (χ0v) is 20.1. The van der Waals surface area contributed by atoms with Crippen LogP contribution in [0.5, 0.6) is 0 Å². The van der Waals surface area contributed by atoms with Gasteiger partial charge in [-0.25, -0.2) is 0 Å². The summed E-state index contributed by atoms with van der Waals surface area (Å²) < 4.78 is 0. The molecule has 1 aliphatic carbocycles. The Morgan fingerprint density at radius 3 is 2.25 bits per heavy atom. The van der Waals surface area contributed by atoms with Crippen LogP contribution in [0.1, 0.15) is 71.1 Å². The van der Waals surface area contributed by atoms with E-state index in [2.05, 4.69) is 32.8 Å². The van der Waals surface area contributed by atoms with Gasteiger partial charge in [-0.05, 0) is 58.7 Å². The monoisotopic (exact) mass is 507 g/mol. The first-order chi connectivity index (χ1) is 13.3. The average molecular weight is 508 g/mol. The normalized spacial score (nSPS) is 19.4. The van der Waals surface area contributed by atoms with Crippen molar-refractivity contribution in [3.05, 3.63) is 0 Å². The quantitative estimate of drug-likeness (QED) is 0.194. The highest BCUT2D eigenvalue weighted by Gasteiger charge is 2.20. The van der Waals surface area contributed by atoms with Crippen LogP contribution in [0.25, 0.3) is 0 Å². The van der Waals surface area contributed by atoms with Gasteiger partial charge in [0.2, 0.25) is 5.91 Å². The van der Waals surface area contributed by atoms with Gasteiger partial charge in [0.15, 0.2) is 5.96 Å². The molecule has 1 saturated carbocycles. The van der Waals surface area contributed by atoms with Crippen molar-refractivity contribution in [3.8, 4) is 0 Å². The number of carbonyl (C=O) groups is 1. The number of rotatable bonds is 9. The van der Waals surface area contributed by atoms with Crippen molar-refractivity contribution < 1.29 is 4.79 Å². The van der Waals surface area contributed by atoms with Crippen LogP contribution in [0.15, 0.2) is 4.99 Å². The Bertz CT molecular complexity index is 433. The molecule has 1 aliphatic heterocycles. The molecule has 1 saturated heterocycles. The number of nitrogens with one attached hydrogen (secondary N) is 3. The Morgan fingerprint density at radius 2 is 1.57 bits per heavy atom. The average Bonchev–Trinajstić information content (AvgIpc) is 2.97. The highest BCUT2D eigenvalue weighted by Crippen LogP contribution is 2.23. The molecule has 6 nitrogen and oxygen atoms in total. The Hall–Kier alpha value is -0.570. The van der Waals surface area contributed by atoms with E-state index in [1.807, 2.05) is 0 Å². The van der Waals surface area contributed by atoms with Crippen molar-refractivity contribution in [2.45, 2.75) is 71.1 Å². The van der Waals surface area contributed by atoms with Gasteiger partial charge in [0.1, 0.15) is 0 Å². The molecule has 0 unspecified atom stereocenters. The summed E-state index contributed by atoms with van der Waals surface area (Å²) in [6, 6.07) is 0. The second kappa shape index (κ2) is 16.3.